The maximum absolute atomic E-state index is 3.55. The van der Waals surface area contributed by atoms with Gasteiger partial charge in [0.2, 0.25) is 0 Å². The Balaban J connectivity index is 1.93. The van der Waals surface area contributed by atoms with E-state index >= 15 is 0 Å². The molecule has 0 amide bonds. The number of rotatable bonds is 2. The third-order valence-corrected chi connectivity index (χ3v) is 4.50. The average molecular weight is 273 g/mol. The minimum Gasteiger partial charge on any atom is -0.354 e. The lowest BCUT2D eigenvalue weighted by Crippen LogP contribution is -1.94. The van der Waals surface area contributed by atoms with E-state index in [0.717, 1.165) is 19.3 Å². The lowest BCUT2D eigenvalue weighted by molar-refractivity contribution is 1.00. The highest BCUT2D eigenvalue weighted by atomic mass is 14.7. The fraction of sp³-hybridized carbons (Fsp3) is 0.200. The first-order valence-electron chi connectivity index (χ1n) is 7.76. The van der Waals surface area contributed by atoms with Crippen LogP contribution in [-0.2, 0) is 0 Å². The molecule has 21 heavy (non-hydrogen) atoms. The molecule has 2 aromatic carbocycles. The third kappa shape index (κ3) is 2.01. The topological polar surface area (TPSA) is 15.8 Å². The first kappa shape index (κ1) is 12.5. The van der Waals surface area contributed by atoms with Gasteiger partial charge in [0.05, 0.1) is 0 Å². The lowest BCUT2D eigenvalue weighted by Gasteiger charge is -2.15. The van der Waals surface area contributed by atoms with Gasteiger partial charge in [-0.3, -0.25) is 0 Å². The van der Waals surface area contributed by atoms with Crippen LogP contribution in [0.1, 0.15) is 31.7 Å². The molecule has 0 unspecified atom stereocenters. The summed E-state index contributed by atoms with van der Waals surface area (Å²) in [6.07, 6.45) is 8.02. The standard InChI is InChI=1S/C20H19N/c1-2-14-7-3-4-8-16(14)15-11-12-18-17-9-5-6-10-19(17)21-20(18)13-15/h3,5-7,9-13,21H,2,4,8H2,1H3. The molecule has 1 heteroatoms. The van der Waals surface area contributed by atoms with Gasteiger partial charge in [0.1, 0.15) is 0 Å². The molecule has 1 aliphatic carbocycles. The monoisotopic (exact) mass is 273 g/mol. The number of nitrogens with one attached hydrogen (secondary N) is 1. The van der Waals surface area contributed by atoms with Crippen molar-refractivity contribution in [1.82, 2.24) is 4.98 Å². The predicted octanol–water partition coefficient (Wildman–Crippen LogP) is 5.83. The summed E-state index contributed by atoms with van der Waals surface area (Å²) in [6.45, 7) is 2.24. The van der Waals surface area contributed by atoms with Crippen LogP contribution < -0.4 is 0 Å². The molecule has 104 valence electrons. The second kappa shape index (κ2) is 4.92. The van der Waals surface area contributed by atoms with Gasteiger partial charge in [-0.15, -0.1) is 0 Å². The normalized spacial score (nSPS) is 15.3. The molecule has 0 saturated heterocycles. The second-order valence-corrected chi connectivity index (χ2v) is 5.73. The Morgan fingerprint density at radius 3 is 2.76 bits per heavy atom. The van der Waals surface area contributed by atoms with Gasteiger partial charge in [-0.05, 0) is 48.1 Å². The largest absolute Gasteiger partial charge is 0.354 e. The van der Waals surface area contributed by atoms with Crippen LogP contribution in [0.3, 0.4) is 0 Å². The summed E-state index contributed by atoms with van der Waals surface area (Å²) in [5.74, 6) is 0. The minimum atomic E-state index is 1.11. The number of para-hydroxylation sites is 1. The van der Waals surface area contributed by atoms with Crippen molar-refractivity contribution in [3.05, 3.63) is 65.8 Å². The molecule has 4 rings (SSSR count). The van der Waals surface area contributed by atoms with Crippen molar-refractivity contribution in [1.29, 1.82) is 0 Å². The molecule has 0 aliphatic heterocycles. The maximum atomic E-state index is 3.55. The molecule has 0 radical (unpaired) electrons. The molecule has 1 N–H and O–H groups in total. The number of H-pyrrole nitrogens is 1. The number of aromatic nitrogens is 1. The molecule has 3 aromatic rings. The quantitative estimate of drug-likeness (QED) is 0.604. The van der Waals surface area contributed by atoms with E-state index in [4.69, 9.17) is 0 Å². The summed E-state index contributed by atoms with van der Waals surface area (Å²) in [7, 11) is 0. The molecule has 1 nitrogen and oxygen atoms in total. The van der Waals surface area contributed by atoms with Gasteiger partial charge in [0, 0.05) is 21.8 Å². The molecule has 0 fully saturated rings. The number of benzene rings is 2. The molecular formula is C20H19N. The van der Waals surface area contributed by atoms with Gasteiger partial charge >= 0.3 is 0 Å². The first-order chi connectivity index (χ1) is 10.4. The Kier molecular flexibility index (Phi) is 2.92. The highest BCUT2D eigenvalue weighted by Crippen LogP contribution is 2.33. The van der Waals surface area contributed by atoms with E-state index in [-0.39, 0.29) is 0 Å². The summed E-state index contributed by atoms with van der Waals surface area (Å²) in [4.78, 5) is 3.55. The van der Waals surface area contributed by atoms with Gasteiger partial charge < -0.3 is 4.98 Å². The van der Waals surface area contributed by atoms with Crippen LogP contribution in [-0.4, -0.2) is 4.98 Å². The zero-order valence-electron chi connectivity index (χ0n) is 12.3. The van der Waals surface area contributed by atoms with E-state index in [1.54, 1.807) is 0 Å². The van der Waals surface area contributed by atoms with Crippen molar-refractivity contribution in [2.45, 2.75) is 26.2 Å². The summed E-state index contributed by atoms with van der Waals surface area (Å²) in [5, 5.41) is 2.63. The van der Waals surface area contributed by atoms with E-state index in [9.17, 15) is 0 Å². The molecule has 0 spiro atoms. The predicted molar refractivity (Wildman–Crippen MR) is 91.4 cm³/mol. The van der Waals surface area contributed by atoms with Crippen molar-refractivity contribution in [3.8, 4) is 0 Å². The van der Waals surface area contributed by atoms with Gasteiger partial charge in [0.15, 0.2) is 0 Å². The number of allylic oxidation sites excluding steroid dienone is 4. The third-order valence-electron chi connectivity index (χ3n) is 4.50. The molecule has 0 saturated carbocycles. The molecule has 1 aliphatic rings. The minimum absolute atomic E-state index is 1.11. The number of aromatic amines is 1. The van der Waals surface area contributed by atoms with Crippen molar-refractivity contribution in [2.24, 2.45) is 0 Å². The maximum Gasteiger partial charge on any atom is 0.0470 e. The van der Waals surface area contributed by atoms with Crippen molar-refractivity contribution >= 4 is 27.4 Å². The summed E-state index contributed by atoms with van der Waals surface area (Å²) >= 11 is 0. The van der Waals surface area contributed by atoms with Crippen LogP contribution in [0.15, 0.2) is 60.2 Å². The Morgan fingerprint density at radius 1 is 1.00 bits per heavy atom. The Bertz CT molecular complexity index is 877. The Hall–Kier alpha value is -2.28. The number of fused-ring (bicyclic) bond motifs is 3. The summed E-state index contributed by atoms with van der Waals surface area (Å²) in [5.41, 5.74) is 6.83. The summed E-state index contributed by atoms with van der Waals surface area (Å²) < 4.78 is 0. The van der Waals surface area contributed by atoms with Gasteiger partial charge in [-0.2, -0.15) is 0 Å². The van der Waals surface area contributed by atoms with E-state index in [2.05, 4.69) is 66.5 Å². The van der Waals surface area contributed by atoms with Crippen molar-refractivity contribution < 1.29 is 0 Å². The van der Waals surface area contributed by atoms with Gasteiger partial charge in [0.25, 0.3) is 0 Å². The van der Waals surface area contributed by atoms with E-state index < -0.39 is 0 Å². The fourth-order valence-corrected chi connectivity index (χ4v) is 3.42. The molecule has 0 bridgehead atoms. The molecule has 1 heterocycles. The zero-order valence-corrected chi connectivity index (χ0v) is 12.3. The number of hydrogen-bond donors (Lipinski definition) is 1. The van der Waals surface area contributed by atoms with Crippen LogP contribution in [0.5, 0.6) is 0 Å². The second-order valence-electron chi connectivity index (χ2n) is 5.73. The zero-order chi connectivity index (χ0) is 14.2. The summed E-state index contributed by atoms with van der Waals surface area (Å²) in [6, 6.07) is 15.4. The van der Waals surface area contributed by atoms with Crippen LogP contribution in [0, 0.1) is 0 Å². The Morgan fingerprint density at radius 2 is 1.86 bits per heavy atom. The van der Waals surface area contributed by atoms with Crippen LogP contribution in [0.2, 0.25) is 0 Å². The smallest absolute Gasteiger partial charge is 0.0470 e. The van der Waals surface area contributed by atoms with Crippen LogP contribution >= 0.6 is 0 Å². The van der Waals surface area contributed by atoms with Crippen LogP contribution in [0.25, 0.3) is 27.4 Å². The SMILES string of the molecule is CCC1=C(c2ccc3c(c2)[nH]c2ccccc23)CCC=C1. The number of hydrogen-bond acceptors (Lipinski definition) is 0. The molecular weight excluding hydrogens is 254 g/mol. The molecule has 0 atom stereocenters. The van der Waals surface area contributed by atoms with Crippen molar-refractivity contribution in [3.63, 3.8) is 0 Å². The molecule has 1 aromatic heterocycles. The highest BCUT2D eigenvalue weighted by Gasteiger charge is 2.11. The average Bonchev–Trinajstić information content (AvgIpc) is 2.92. The fourth-order valence-electron chi connectivity index (χ4n) is 3.42. The van der Waals surface area contributed by atoms with Gasteiger partial charge in [-0.25, -0.2) is 0 Å². The van der Waals surface area contributed by atoms with E-state index in [1.807, 2.05) is 0 Å². The van der Waals surface area contributed by atoms with E-state index in [1.165, 1.54) is 38.5 Å². The van der Waals surface area contributed by atoms with Gasteiger partial charge in [-0.1, -0.05) is 49.4 Å². The van der Waals surface area contributed by atoms with Crippen molar-refractivity contribution in [2.75, 3.05) is 0 Å². The lowest BCUT2D eigenvalue weighted by atomic mass is 9.90. The highest BCUT2D eigenvalue weighted by molar-refractivity contribution is 6.07. The first-order valence-corrected chi connectivity index (χ1v) is 7.76. The Labute approximate surface area is 125 Å². The van der Waals surface area contributed by atoms with E-state index in [0.29, 0.717) is 0 Å². The van der Waals surface area contributed by atoms with Crippen LogP contribution in [0.4, 0.5) is 0 Å².